The minimum absolute atomic E-state index is 0.180. The van der Waals surface area contributed by atoms with Gasteiger partial charge in [0.1, 0.15) is 0 Å². The molecule has 0 spiro atoms. The van der Waals surface area contributed by atoms with E-state index >= 15 is 0 Å². The second-order valence-corrected chi connectivity index (χ2v) is 11.2. The van der Waals surface area contributed by atoms with Crippen molar-refractivity contribution in [2.75, 3.05) is 0 Å². The number of hydrogen-bond donors (Lipinski definition) is 0. The van der Waals surface area contributed by atoms with Crippen molar-refractivity contribution in [1.29, 1.82) is 10.5 Å². The van der Waals surface area contributed by atoms with Crippen molar-refractivity contribution in [3.05, 3.63) is 139 Å². The largest absolute Gasteiger partial charge is 0.260 e. The van der Waals surface area contributed by atoms with Crippen molar-refractivity contribution in [2.45, 2.75) is 0 Å². The number of benzene rings is 5. The van der Waals surface area contributed by atoms with E-state index < -0.39 is 0 Å². The molecule has 0 aliphatic carbocycles. The van der Waals surface area contributed by atoms with E-state index in [1.807, 2.05) is 109 Å². The van der Waals surface area contributed by atoms with Gasteiger partial charge in [0.05, 0.1) is 28.8 Å². The van der Waals surface area contributed by atoms with Gasteiger partial charge in [-0.25, -0.2) is 0 Å². The fourth-order valence-electron chi connectivity index (χ4n) is 6.13. The summed E-state index contributed by atoms with van der Waals surface area (Å²) in [5.41, 5.74) is 6.49. The van der Waals surface area contributed by atoms with Crippen molar-refractivity contribution >= 4 is 17.3 Å². The minimum Gasteiger partial charge on any atom is -0.192 e. The minimum atomic E-state index is 0.180. The summed E-state index contributed by atoms with van der Waals surface area (Å²) in [7, 11) is 0. The quantitative estimate of drug-likeness (QED) is 0.200. The van der Waals surface area contributed by atoms with E-state index in [0.29, 0.717) is 34.5 Å². The summed E-state index contributed by atoms with van der Waals surface area (Å²) in [4.78, 5) is 14.8. The van der Waals surface area contributed by atoms with E-state index in [1.54, 1.807) is 27.2 Å². The van der Waals surface area contributed by atoms with Gasteiger partial charge in [-0.3, -0.25) is 0 Å². The molecule has 0 aliphatic rings. The highest BCUT2D eigenvalue weighted by atomic mass is 15.5. The molecular weight excluding hydrogens is 610 g/mol. The van der Waals surface area contributed by atoms with Crippen LogP contribution in [-0.4, -0.2) is 43.8 Å². The third-order valence-corrected chi connectivity index (χ3v) is 8.37. The van der Waals surface area contributed by atoms with Crippen LogP contribution < -0.4 is 0 Å². The maximum Gasteiger partial charge on any atom is 0.260 e. The van der Waals surface area contributed by atoms with Crippen LogP contribution in [0.1, 0.15) is 11.1 Å². The van der Waals surface area contributed by atoms with Crippen molar-refractivity contribution in [2.24, 2.45) is 0 Å². The lowest BCUT2D eigenvalue weighted by Gasteiger charge is -2.06. The van der Waals surface area contributed by atoms with Crippen molar-refractivity contribution in [3.8, 4) is 68.6 Å². The molecule has 0 bridgehead atoms. The first kappa shape index (κ1) is 27.8. The molecule has 0 N–H and O–H groups in total. The summed E-state index contributed by atoms with van der Waals surface area (Å²) >= 11 is 0. The van der Waals surface area contributed by atoms with Gasteiger partial charge < -0.3 is 0 Å². The predicted molar refractivity (Wildman–Crippen MR) is 183 cm³/mol. The molecule has 0 atom stereocenters. The molecule has 11 heteroatoms. The van der Waals surface area contributed by atoms with Gasteiger partial charge in [-0.15, -0.1) is 15.3 Å². The Labute approximate surface area is 278 Å². The lowest BCUT2D eigenvalue weighted by Crippen LogP contribution is -2.06. The van der Waals surface area contributed by atoms with Crippen LogP contribution in [0.5, 0.6) is 0 Å². The first-order chi connectivity index (χ1) is 24.2. The average Bonchev–Trinajstić information content (AvgIpc) is 3.92. The van der Waals surface area contributed by atoms with E-state index in [1.165, 1.54) is 4.52 Å². The summed E-state index contributed by atoms with van der Waals surface area (Å²) in [6.07, 6.45) is 0. The maximum atomic E-state index is 9.94. The molecule has 0 unspecified atom stereocenters. The molecule has 0 saturated heterocycles. The molecule has 5 aromatic carbocycles. The molecule has 9 rings (SSSR count). The lowest BCUT2D eigenvalue weighted by atomic mass is 9.99. The van der Waals surface area contributed by atoms with Gasteiger partial charge >= 0.3 is 0 Å². The summed E-state index contributed by atoms with van der Waals surface area (Å²) in [5, 5.41) is 34.6. The number of nitrogens with zero attached hydrogens (tertiary/aromatic N) is 11. The zero-order valence-corrected chi connectivity index (χ0v) is 25.5. The second kappa shape index (κ2) is 11.1. The molecule has 0 fully saturated rings. The Morgan fingerprint density at radius 1 is 0.388 bits per heavy atom. The van der Waals surface area contributed by atoms with E-state index in [9.17, 15) is 10.5 Å². The van der Waals surface area contributed by atoms with Gasteiger partial charge in [0.15, 0.2) is 17.5 Å². The van der Waals surface area contributed by atoms with Crippen LogP contribution in [0.25, 0.3) is 73.8 Å². The lowest BCUT2D eigenvalue weighted by molar-refractivity contribution is 0.817. The topological polar surface area (TPSA) is 138 Å². The molecule has 0 amide bonds. The standard InChI is InChI=1S/C38H21N11/c39-22-26-16-11-17-27(23-40)32(26)35-43-38-48-36(41-33(45-48)30-20-9-7-18-28(30)24-12-3-1-4-13-24)47-37(49(38)46-35)42-34(44-47)31-21-10-8-19-29(31)25-14-5-2-6-15-25/h1-21H. The third kappa shape index (κ3) is 4.42. The van der Waals surface area contributed by atoms with Gasteiger partial charge in [0, 0.05) is 11.1 Å². The van der Waals surface area contributed by atoms with E-state index in [4.69, 9.17) is 30.2 Å². The fourth-order valence-corrected chi connectivity index (χ4v) is 6.13. The van der Waals surface area contributed by atoms with Gasteiger partial charge in [-0.1, -0.05) is 115 Å². The highest BCUT2D eigenvalue weighted by molar-refractivity contribution is 5.83. The number of rotatable bonds is 5. The van der Waals surface area contributed by atoms with Crippen LogP contribution in [0.3, 0.4) is 0 Å². The zero-order valence-electron chi connectivity index (χ0n) is 25.5. The SMILES string of the molecule is N#Cc1cccc(C#N)c1-c1nc2n3nc(-c4ccccc4-c4ccccc4)nc3n3nc(-c4ccccc4-c4ccccc4)nc3n2n1. The summed E-state index contributed by atoms with van der Waals surface area (Å²) < 4.78 is 4.70. The smallest absolute Gasteiger partial charge is 0.192 e. The summed E-state index contributed by atoms with van der Waals surface area (Å²) in [5.74, 6) is 2.08. The highest BCUT2D eigenvalue weighted by Crippen LogP contribution is 2.33. The van der Waals surface area contributed by atoms with E-state index in [0.717, 1.165) is 33.4 Å². The fraction of sp³-hybridized carbons (Fsp3) is 0. The van der Waals surface area contributed by atoms with Crippen molar-refractivity contribution in [1.82, 2.24) is 43.8 Å². The number of aromatic nitrogens is 9. The molecule has 0 saturated carbocycles. The Morgan fingerprint density at radius 3 is 1.18 bits per heavy atom. The van der Waals surface area contributed by atoms with Gasteiger partial charge in [-0.2, -0.15) is 39.0 Å². The monoisotopic (exact) mass is 631 g/mol. The molecule has 9 aromatic rings. The molecule has 11 nitrogen and oxygen atoms in total. The number of hydrogen-bond acceptors (Lipinski definition) is 8. The third-order valence-electron chi connectivity index (χ3n) is 8.37. The van der Waals surface area contributed by atoms with Gasteiger partial charge in [0.2, 0.25) is 0 Å². The Kier molecular flexibility index (Phi) is 6.29. The van der Waals surface area contributed by atoms with Crippen LogP contribution in [0.2, 0.25) is 0 Å². The van der Waals surface area contributed by atoms with E-state index in [-0.39, 0.29) is 17.0 Å². The van der Waals surface area contributed by atoms with Crippen LogP contribution in [0, 0.1) is 22.7 Å². The number of nitriles is 2. The molecule has 4 heterocycles. The molecule has 228 valence electrons. The van der Waals surface area contributed by atoms with Gasteiger partial charge in [-0.05, 0) is 34.4 Å². The molecule has 0 radical (unpaired) electrons. The zero-order chi connectivity index (χ0) is 32.9. The van der Waals surface area contributed by atoms with Crippen molar-refractivity contribution in [3.63, 3.8) is 0 Å². The van der Waals surface area contributed by atoms with Crippen LogP contribution >= 0.6 is 0 Å². The van der Waals surface area contributed by atoms with E-state index in [2.05, 4.69) is 12.1 Å². The Hall–Kier alpha value is -7.50. The number of fused-ring (bicyclic) bond motifs is 6. The van der Waals surface area contributed by atoms with Gasteiger partial charge in [0.25, 0.3) is 17.3 Å². The summed E-state index contributed by atoms with van der Waals surface area (Å²) in [6, 6.07) is 45.3. The Morgan fingerprint density at radius 2 is 0.755 bits per heavy atom. The normalized spacial score (nSPS) is 11.2. The second-order valence-electron chi connectivity index (χ2n) is 11.2. The predicted octanol–water partition coefficient (Wildman–Crippen LogP) is 6.89. The first-order valence-corrected chi connectivity index (χ1v) is 15.4. The van der Waals surface area contributed by atoms with Crippen LogP contribution in [-0.2, 0) is 0 Å². The average molecular weight is 632 g/mol. The Bertz CT molecular complexity index is 2610. The molecule has 0 aliphatic heterocycles. The van der Waals surface area contributed by atoms with Crippen LogP contribution in [0.4, 0.5) is 0 Å². The molecule has 49 heavy (non-hydrogen) atoms. The molecular formula is C38H21N11. The highest BCUT2D eigenvalue weighted by Gasteiger charge is 2.25. The molecule has 4 aromatic heterocycles. The van der Waals surface area contributed by atoms with Crippen LogP contribution in [0.15, 0.2) is 127 Å². The summed E-state index contributed by atoms with van der Waals surface area (Å²) in [6.45, 7) is 0. The first-order valence-electron chi connectivity index (χ1n) is 15.4. The maximum absolute atomic E-state index is 9.94. The Balaban J connectivity index is 1.35. The van der Waals surface area contributed by atoms with Crippen molar-refractivity contribution < 1.29 is 0 Å².